The highest BCUT2D eigenvalue weighted by Crippen LogP contribution is 2.38. The molecule has 2 aliphatic rings. The van der Waals surface area contributed by atoms with Crippen LogP contribution in [0.4, 0.5) is 0 Å². The number of epoxide rings is 2. The third kappa shape index (κ3) is 3.00. The SMILES string of the molecule is Brc1cccc2c(OCC3CO3)ccc(OCC3CO3)c12. The predicted molar refractivity (Wildman–Crippen MR) is 82.1 cm³/mol. The van der Waals surface area contributed by atoms with Gasteiger partial charge >= 0.3 is 0 Å². The van der Waals surface area contributed by atoms with E-state index in [9.17, 15) is 0 Å². The van der Waals surface area contributed by atoms with Crippen molar-refractivity contribution in [2.45, 2.75) is 12.2 Å². The van der Waals surface area contributed by atoms with Gasteiger partial charge in [0.1, 0.15) is 36.9 Å². The Hall–Kier alpha value is -1.30. The molecule has 2 aromatic carbocycles. The van der Waals surface area contributed by atoms with Crippen molar-refractivity contribution in [3.8, 4) is 11.5 Å². The first-order chi connectivity index (χ1) is 10.3. The first-order valence-corrected chi connectivity index (χ1v) is 7.80. The van der Waals surface area contributed by atoms with Crippen molar-refractivity contribution in [1.82, 2.24) is 0 Å². The largest absolute Gasteiger partial charge is 0.490 e. The highest BCUT2D eigenvalue weighted by Gasteiger charge is 2.25. The minimum atomic E-state index is 0.241. The Morgan fingerprint density at radius 1 is 0.952 bits per heavy atom. The lowest BCUT2D eigenvalue weighted by atomic mass is 10.1. The van der Waals surface area contributed by atoms with Gasteiger partial charge in [-0.05, 0) is 18.2 Å². The van der Waals surface area contributed by atoms with E-state index in [0.717, 1.165) is 40.0 Å². The molecule has 4 nitrogen and oxygen atoms in total. The fourth-order valence-electron chi connectivity index (χ4n) is 2.24. The standard InChI is InChI=1S/C16H15BrO4/c17-13-3-1-2-12-14(20-8-10-6-18-10)4-5-15(16(12)13)21-9-11-7-19-11/h1-5,10-11H,6-9H2. The van der Waals surface area contributed by atoms with Crippen molar-refractivity contribution >= 4 is 26.7 Å². The molecule has 2 aliphatic heterocycles. The van der Waals surface area contributed by atoms with Crippen LogP contribution in [-0.2, 0) is 9.47 Å². The molecule has 110 valence electrons. The van der Waals surface area contributed by atoms with E-state index in [-0.39, 0.29) is 12.2 Å². The number of ether oxygens (including phenoxy) is 4. The molecule has 21 heavy (non-hydrogen) atoms. The molecule has 0 spiro atoms. The summed E-state index contributed by atoms with van der Waals surface area (Å²) < 4.78 is 23.1. The summed E-state index contributed by atoms with van der Waals surface area (Å²) in [5.74, 6) is 1.71. The minimum Gasteiger partial charge on any atom is -0.490 e. The fraction of sp³-hybridized carbons (Fsp3) is 0.375. The molecule has 0 bridgehead atoms. The van der Waals surface area contributed by atoms with E-state index in [1.165, 1.54) is 0 Å². The van der Waals surface area contributed by atoms with Crippen LogP contribution in [0.25, 0.3) is 10.8 Å². The lowest BCUT2D eigenvalue weighted by molar-refractivity contribution is 0.261. The van der Waals surface area contributed by atoms with Gasteiger partial charge in [-0.15, -0.1) is 0 Å². The third-order valence-corrected chi connectivity index (χ3v) is 4.23. The number of halogens is 1. The summed E-state index contributed by atoms with van der Waals surface area (Å²) in [5, 5.41) is 2.08. The summed E-state index contributed by atoms with van der Waals surface area (Å²) in [6.45, 7) is 2.77. The number of rotatable bonds is 6. The maximum atomic E-state index is 5.88. The topological polar surface area (TPSA) is 43.5 Å². The molecule has 2 aromatic rings. The number of hydrogen-bond acceptors (Lipinski definition) is 4. The molecule has 4 rings (SSSR count). The molecule has 2 heterocycles. The maximum absolute atomic E-state index is 5.88. The molecule has 5 heteroatoms. The Bertz CT molecular complexity index is 665. The summed E-state index contributed by atoms with van der Waals surface area (Å²) in [6, 6.07) is 9.97. The third-order valence-electron chi connectivity index (χ3n) is 3.57. The average molecular weight is 351 g/mol. The first kappa shape index (κ1) is 13.4. The van der Waals surface area contributed by atoms with Gasteiger partial charge in [0.05, 0.1) is 13.2 Å². The Balaban J connectivity index is 1.67. The molecule has 0 saturated carbocycles. The monoisotopic (exact) mass is 350 g/mol. The molecule has 0 amide bonds. The van der Waals surface area contributed by atoms with Gasteiger partial charge in [0.15, 0.2) is 0 Å². The second-order valence-corrected chi connectivity index (χ2v) is 6.11. The Kier molecular flexibility index (Phi) is 3.49. The summed E-state index contributed by atoms with van der Waals surface area (Å²) in [7, 11) is 0. The smallest absolute Gasteiger partial charge is 0.128 e. The highest BCUT2D eigenvalue weighted by atomic mass is 79.9. The van der Waals surface area contributed by atoms with Crippen molar-refractivity contribution in [2.75, 3.05) is 26.4 Å². The molecule has 0 aromatic heterocycles. The molecule has 2 fully saturated rings. The Labute approximate surface area is 131 Å². The zero-order valence-corrected chi connectivity index (χ0v) is 13.0. The minimum absolute atomic E-state index is 0.241. The average Bonchev–Trinajstić information content (AvgIpc) is 3.38. The predicted octanol–water partition coefficient (Wildman–Crippen LogP) is 3.16. The van der Waals surface area contributed by atoms with E-state index in [1.54, 1.807) is 0 Å². The van der Waals surface area contributed by atoms with E-state index < -0.39 is 0 Å². The van der Waals surface area contributed by atoms with Crippen LogP contribution in [0, 0.1) is 0 Å². The number of benzene rings is 2. The second-order valence-electron chi connectivity index (χ2n) is 5.26. The van der Waals surface area contributed by atoms with Crippen LogP contribution >= 0.6 is 15.9 Å². The quantitative estimate of drug-likeness (QED) is 0.750. The lowest BCUT2D eigenvalue weighted by Crippen LogP contribution is -2.06. The summed E-state index contributed by atoms with van der Waals surface area (Å²) in [5.41, 5.74) is 0. The van der Waals surface area contributed by atoms with Gasteiger partial charge in [-0.3, -0.25) is 0 Å². The van der Waals surface area contributed by atoms with E-state index >= 15 is 0 Å². The highest BCUT2D eigenvalue weighted by molar-refractivity contribution is 9.10. The van der Waals surface area contributed by atoms with Crippen LogP contribution in [0.3, 0.4) is 0 Å². The van der Waals surface area contributed by atoms with Gasteiger partial charge in [0.2, 0.25) is 0 Å². The van der Waals surface area contributed by atoms with Crippen LogP contribution < -0.4 is 9.47 Å². The second kappa shape index (κ2) is 5.48. The summed E-state index contributed by atoms with van der Waals surface area (Å²) in [4.78, 5) is 0. The molecule has 2 unspecified atom stereocenters. The van der Waals surface area contributed by atoms with Gasteiger partial charge in [-0.2, -0.15) is 0 Å². The van der Waals surface area contributed by atoms with Gasteiger partial charge in [-0.25, -0.2) is 0 Å². The van der Waals surface area contributed by atoms with E-state index in [0.29, 0.717) is 13.2 Å². The summed E-state index contributed by atoms with van der Waals surface area (Å²) >= 11 is 3.61. The van der Waals surface area contributed by atoms with Crippen LogP contribution in [0.15, 0.2) is 34.8 Å². The number of fused-ring (bicyclic) bond motifs is 1. The van der Waals surface area contributed by atoms with E-state index in [1.807, 2.05) is 30.3 Å². The van der Waals surface area contributed by atoms with E-state index in [4.69, 9.17) is 18.9 Å². The van der Waals surface area contributed by atoms with Crippen molar-refractivity contribution in [1.29, 1.82) is 0 Å². The van der Waals surface area contributed by atoms with Gasteiger partial charge in [0, 0.05) is 15.2 Å². The van der Waals surface area contributed by atoms with Crippen LogP contribution in [0.5, 0.6) is 11.5 Å². The molecular weight excluding hydrogens is 336 g/mol. The van der Waals surface area contributed by atoms with E-state index in [2.05, 4.69) is 15.9 Å². The van der Waals surface area contributed by atoms with Crippen molar-refractivity contribution < 1.29 is 18.9 Å². The lowest BCUT2D eigenvalue weighted by Gasteiger charge is -2.14. The van der Waals surface area contributed by atoms with Crippen LogP contribution in [0.2, 0.25) is 0 Å². The normalized spacial score (nSPS) is 23.1. The van der Waals surface area contributed by atoms with Crippen molar-refractivity contribution in [3.63, 3.8) is 0 Å². The molecule has 0 N–H and O–H groups in total. The van der Waals surface area contributed by atoms with Gasteiger partial charge in [-0.1, -0.05) is 28.1 Å². The Morgan fingerprint density at radius 3 is 2.24 bits per heavy atom. The molecule has 0 radical (unpaired) electrons. The molecule has 2 saturated heterocycles. The number of hydrogen-bond donors (Lipinski definition) is 0. The maximum Gasteiger partial charge on any atom is 0.128 e. The first-order valence-electron chi connectivity index (χ1n) is 7.01. The van der Waals surface area contributed by atoms with Crippen molar-refractivity contribution in [3.05, 3.63) is 34.8 Å². The van der Waals surface area contributed by atoms with Gasteiger partial charge in [0.25, 0.3) is 0 Å². The zero-order valence-electron chi connectivity index (χ0n) is 11.4. The molecule has 0 aliphatic carbocycles. The summed E-state index contributed by atoms with van der Waals surface area (Å²) in [6.07, 6.45) is 0.487. The van der Waals surface area contributed by atoms with Crippen LogP contribution in [-0.4, -0.2) is 38.6 Å². The fourth-order valence-corrected chi connectivity index (χ4v) is 2.81. The molecular formula is C16H15BrO4. The molecule has 2 atom stereocenters. The van der Waals surface area contributed by atoms with Crippen molar-refractivity contribution in [2.24, 2.45) is 0 Å². The zero-order chi connectivity index (χ0) is 14.2. The Morgan fingerprint density at radius 2 is 1.57 bits per heavy atom. The van der Waals surface area contributed by atoms with Gasteiger partial charge < -0.3 is 18.9 Å². The van der Waals surface area contributed by atoms with Crippen LogP contribution in [0.1, 0.15) is 0 Å².